The van der Waals surface area contributed by atoms with E-state index in [2.05, 4.69) is 15.0 Å². The zero-order chi connectivity index (χ0) is 20.9. The minimum absolute atomic E-state index is 0.0538. The fraction of sp³-hybridized carbons (Fsp3) is 0.429. The Balaban J connectivity index is 1.69. The van der Waals surface area contributed by atoms with Crippen molar-refractivity contribution in [1.82, 2.24) is 15.0 Å². The molecule has 0 amide bonds. The molecule has 2 atom stereocenters. The van der Waals surface area contributed by atoms with E-state index < -0.39 is 24.0 Å². The number of nitrogens with zero attached hydrogens (tertiary/aromatic N) is 3. The number of halogens is 3. The summed E-state index contributed by atoms with van der Waals surface area (Å²) in [5, 5.41) is 11.2. The highest BCUT2D eigenvalue weighted by molar-refractivity contribution is 5.88. The number of para-hydroxylation sites is 1. The van der Waals surface area contributed by atoms with Crippen LogP contribution < -0.4 is 9.64 Å². The minimum Gasteiger partial charge on any atom is -0.490 e. The summed E-state index contributed by atoms with van der Waals surface area (Å²) in [6.45, 7) is 0.111. The maximum atomic E-state index is 13.3. The summed E-state index contributed by atoms with van der Waals surface area (Å²) in [6, 6.07) is 8.10. The average Bonchev–Trinajstić information content (AvgIpc) is 3.40. The van der Waals surface area contributed by atoms with Crippen molar-refractivity contribution in [3.63, 3.8) is 0 Å². The minimum atomic E-state index is -4.51. The highest BCUT2D eigenvalue weighted by Crippen LogP contribution is 2.44. The number of aromatic nitrogens is 3. The van der Waals surface area contributed by atoms with Crippen LogP contribution >= 0.6 is 0 Å². The van der Waals surface area contributed by atoms with Gasteiger partial charge in [0, 0.05) is 11.6 Å². The van der Waals surface area contributed by atoms with Gasteiger partial charge in [0.05, 0.1) is 11.4 Å². The van der Waals surface area contributed by atoms with Crippen LogP contribution in [0.4, 0.5) is 19.0 Å². The van der Waals surface area contributed by atoms with Gasteiger partial charge in [0.25, 0.3) is 0 Å². The lowest BCUT2D eigenvalue weighted by Gasteiger charge is -2.42. The Morgan fingerprint density at radius 3 is 2.67 bits per heavy atom. The summed E-state index contributed by atoms with van der Waals surface area (Å²) in [4.78, 5) is 12.8. The number of hydrogen-bond acceptors (Lipinski definition) is 5. The number of rotatable bonds is 3. The number of nitrogens with one attached hydrogen (secondary N) is 1. The molecule has 1 aromatic carbocycles. The van der Waals surface area contributed by atoms with E-state index in [-0.39, 0.29) is 18.3 Å². The van der Waals surface area contributed by atoms with Gasteiger partial charge in [0.1, 0.15) is 41.9 Å². The zero-order valence-corrected chi connectivity index (χ0v) is 16.1. The van der Waals surface area contributed by atoms with Crippen LogP contribution in [0.15, 0.2) is 36.7 Å². The first kappa shape index (κ1) is 19.2. The molecule has 158 valence electrons. The number of aromatic amines is 1. The number of hydrogen-bond donors (Lipinski definition) is 2. The molecule has 0 spiro atoms. The normalized spacial score (nSPS) is 22.1. The second kappa shape index (κ2) is 7.16. The molecule has 3 aromatic rings. The van der Waals surface area contributed by atoms with E-state index in [0.29, 0.717) is 17.0 Å². The van der Waals surface area contributed by atoms with Gasteiger partial charge in [-0.25, -0.2) is 9.97 Å². The van der Waals surface area contributed by atoms with Crippen LogP contribution in [0.5, 0.6) is 5.75 Å². The Labute approximate surface area is 170 Å². The maximum Gasteiger partial charge on any atom is 0.431 e. The zero-order valence-electron chi connectivity index (χ0n) is 16.1. The summed E-state index contributed by atoms with van der Waals surface area (Å²) in [5.41, 5.74) is 0.0743. The van der Waals surface area contributed by atoms with Gasteiger partial charge < -0.3 is 19.7 Å². The van der Waals surface area contributed by atoms with Gasteiger partial charge in [-0.2, -0.15) is 13.2 Å². The molecule has 3 heterocycles. The van der Waals surface area contributed by atoms with Crippen LogP contribution in [0.2, 0.25) is 0 Å². The van der Waals surface area contributed by atoms with Gasteiger partial charge in [-0.15, -0.1) is 0 Å². The van der Waals surface area contributed by atoms with Crippen molar-refractivity contribution in [3.05, 3.63) is 47.9 Å². The summed E-state index contributed by atoms with van der Waals surface area (Å²) in [7, 11) is 0. The highest BCUT2D eigenvalue weighted by Gasteiger charge is 2.40. The molecule has 0 bridgehead atoms. The van der Waals surface area contributed by atoms with Crippen LogP contribution in [0.1, 0.15) is 43.0 Å². The molecule has 1 fully saturated rings. The van der Waals surface area contributed by atoms with Gasteiger partial charge in [-0.3, -0.25) is 0 Å². The lowest BCUT2D eigenvalue weighted by Crippen LogP contribution is -2.47. The molecule has 0 radical (unpaired) electrons. The molecule has 2 aromatic heterocycles. The van der Waals surface area contributed by atoms with Crippen molar-refractivity contribution in [1.29, 1.82) is 0 Å². The molecule has 6 nitrogen and oxygen atoms in total. The quantitative estimate of drug-likeness (QED) is 0.666. The van der Waals surface area contributed by atoms with Crippen LogP contribution in [0, 0.1) is 0 Å². The van der Waals surface area contributed by atoms with Gasteiger partial charge in [0.2, 0.25) is 0 Å². The number of alkyl halides is 3. The molecule has 30 heavy (non-hydrogen) atoms. The third-order valence-electron chi connectivity index (χ3n) is 5.98. The largest absolute Gasteiger partial charge is 0.490 e. The summed E-state index contributed by atoms with van der Waals surface area (Å²) < 4.78 is 45.7. The predicted octanol–water partition coefficient (Wildman–Crippen LogP) is 4.22. The molecule has 2 unspecified atom stereocenters. The Bertz CT molecular complexity index is 1060. The van der Waals surface area contributed by atoms with E-state index >= 15 is 0 Å². The van der Waals surface area contributed by atoms with Crippen LogP contribution in [-0.2, 0) is 6.18 Å². The predicted molar refractivity (Wildman–Crippen MR) is 104 cm³/mol. The molecule has 5 rings (SSSR count). The van der Waals surface area contributed by atoms with Gasteiger partial charge in [-0.05, 0) is 25.0 Å². The molecule has 9 heteroatoms. The third-order valence-corrected chi connectivity index (χ3v) is 5.98. The van der Waals surface area contributed by atoms with Gasteiger partial charge in [0.15, 0.2) is 0 Å². The first-order valence-corrected chi connectivity index (χ1v) is 10.0. The fourth-order valence-corrected chi connectivity index (χ4v) is 4.66. The molecule has 2 N–H and O–H groups in total. The Kier molecular flexibility index (Phi) is 4.57. The van der Waals surface area contributed by atoms with Crippen molar-refractivity contribution in [2.24, 2.45) is 0 Å². The molecule has 1 aliphatic carbocycles. The number of anilines is 1. The molecular formula is C21H21F3N4O2. The lowest BCUT2D eigenvalue weighted by atomic mass is 9.94. The topological polar surface area (TPSA) is 74.3 Å². The second-order valence-electron chi connectivity index (χ2n) is 7.85. The smallest absolute Gasteiger partial charge is 0.431 e. The molecule has 2 aliphatic rings. The standard InChI is InChI=1S/C21H21F3N4O2/c22-21(23,24)17-9-14-19(27-17)25-11-26-20(14)28(12-5-1-2-6-12)18-13-7-3-4-8-16(13)30-10-15(18)29/h3-4,7-9,11-12,15,18,29H,1-2,5-6,10H2,(H,25,26,27). The Hall–Kier alpha value is -2.81. The summed E-state index contributed by atoms with van der Waals surface area (Å²) in [6.07, 6.45) is -0.266. The van der Waals surface area contributed by atoms with Crippen LogP contribution in [0.3, 0.4) is 0 Å². The Morgan fingerprint density at radius 2 is 1.90 bits per heavy atom. The Morgan fingerprint density at radius 1 is 1.13 bits per heavy atom. The van der Waals surface area contributed by atoms with Crippen molar-refractivity contribution < 1.29 is 23.0 Å². The van der Waals surface area contributed by atoms with Gasteiger partial charge in [-0.1, -0.05) is 31.0 Å². The van der Waals surface area contributed by atoms with Crippen molar-refractivity contribution in [3.8, 4) is 5.75 Å². The number of ether oxygens (including phenoxy) is 1. The SMILES string of the molecule is OC1COc2ccccc2C1N(c1ncnc2[nH]c(C(F)(F)F)cc12)C1CCCC1. The number of benzene rings is 1. The number of fused-ring (bicyclic) bond motifs is 2. The van der Waals surface area contributed by atoms with E-state index in [1.165, 1.54) is 6.33 Å². The monoisotopic (exact) mass is 418 g/mol. The summed E-state index contributed by atoms with van der Waals surface area (Å²) >= 11 is 0. The number of aliphatic hydroxyl groups is 1. The van der Waals surface area contributed by atoms with E-state index in [1.54, 1.807) is 0 Å². The molecular weight excluding hydrogens is 397 g/mol. The highest BCUT2D eigenvalue weighted by atomic mass is 19.4. The van der Waals surface area contributed by atoms with E-state index in [1.807, 2.05) is 29.2 Å². The molecule has 0 saturated heterocycles. The number of aliphatic hydroxyl groups excluding tert-OH is 1. The lowest BCUT2D eigenvalue weighted by molar-refractivity contribution is -0.140. The van der Waals surface area contributed by atoms with Crippen LogP contribution in [-0.4, -0.2) is 38.8 Å². The van der Waals surface area contributed by atoms with E-state index in [0.717, 1.165) is 37.3 Å². The fourth-order valence-electron chi connectivity index (χ4n) is 4.66. The number of H-pyrrole nitrogens is 1. The van der Waals surface area contributed by atoms with Crippen LogP contribution in [0.25, 0.3) is 11.0 Å². The maximum absolute atomic E-state index is 13.3. The third kappa shape index (κ3) is 3.17. The first-order chi connectivity index (χ1) is 14.4. The van der Waals surface area contributed by atoms with Crippen molar-refractivity contribution in [2.75, 3.05) is 11.5 Å². The first-order valence-electron chi connectivity index (χ1n) is 10.0. The van der Waals surface area contributed by atoms with E-state index in [4.69, 9.17) is 4.74 Å². The van der Waals surface area contributed by atoms with E-state index in [9.17, 15) is 18.3 Å². The van der Waals surface area contributed by atoms with Crippen molar-refractivity contribution >= 4 is 16.9 Å². The van der Waals surface area contributed by atoms with Crippen molar-refractivity contribution in [2.45, 2.75) is 50.0 Å². The molecule has 1 aliphatic heterocycles. The van der Waals surface area contributed by atoms with Gasteiger partial charge >= 0.3 is 6.18 Å². The molecule has 1 saturated carbocycles. The average molecular weight is 418 g/mol. The second-order valence-corrected chi connectivity index (χ2v) is 7.85. The summed E-state index contributed by atoms with van der Waals surface area (Å²) in [5.74, 6) is 1.07.